The van der Waals surface area contributed by atoms with E-state index in [0.717, 1.165) is 47.9 Å². The second-order valence-electron chi connectivity index (χ2n) is 8.12. The third-order valence-corrected chi connectivity index (χ3v) is 5.98. The molecule has 2 aliphatic heterocycles. The van der Waals surface area contributed by atoms with E-state index in [0.29, 0.717) is 29.1 Å². The molecule has 1 fully saturated rings. The van der Waals surface area contributed by atoms with Gasteiger partial charge < -0.3 is 20.4 Å². The van der Waals surface area contributed by atoms with Gasteiger partial charge in [0.1, 0.15) is 5.76 Å². The Morgan fingerprint density at radius 2 is 1.78 bits per heavy atom. The maximum Gasteiger partial charge on any atom is 0.294 e. The number of furan rings is 1. The van der Waals surface area contributed by atoms with Crippen molar-refractivity contribution in [3.05, 3.63) is 65.4 Å². The van der Waals surface area contributed by atoms with E-state index >= 15 is 0 Å². The standard InChI is InChI=1S/C24H24F2N4O2/c25-22(26)14-30-20-6-5-19(29-9-7-28-8-10-29)12-16(20)11-17-13-21(32-23(17)24(30)31)15-1-3-18(27)4-2-15/h1-6,12-13,22,28H,7-11,14,27H2. The van der Waals surface area contributed by atoms with Gasteiger partial charge in [-0.3, -0.25) is 9.69 Å². The largest absolute Gasteiger partial charge is 0.451 e. The first-order chi connectivity index (χ1) is 15.5. The van der Waals surface area contributed by atoms with Gasteiger partial charge in [-0.2, -0.15) is 0 Å². The lowest BCUT2D eigenvalue weighted by Gasteiger charge is -2.31. The van der Waals surface area contributed by atoms with E-state index in [1.54, 1.807) is 18.2 Å². The van der Waals surface area contributed by atoms with Crippen molar-refractivity contribution in [3.8, 4) is 11.3 Å². The first-order valence-corrected chi connectivity index (χ1v) is 10.7. The number of nitrogens with one attached hydrogen (secondary N) is 1. The second-order valence-corrected chi connectivity index (χ2v) is 8.12. The van der Waals surface area contributed by atoms with Crippen LogP contribution >= 0.6 is 0 Å². The Hall–Kier alpha value is -3.39. The van der Waals surface area contributed by atoms with Gasteiger partial charge in [0.25, 0.3) is 12.3 Å². The van der Waals surface area contributed by atoms with Crippen molar-refractivity contribution in [2.24, 2.45) is 0 Å². The highest BCUT2D eigenvalue weighted by Gasteiger charge is 2.32. The fourth-order valence-corrected chi connectivity index (χ4v) is 4.38. The molecule has 32 heavy (non-hydrogen) atoms. The number of amides is 1. The van der Waals surface area contributed by atoms with E-state index in [2.05, 4.69) is 10.2 Å². The molecule has 3 N–H and O–H groups in total. The summed E-state index contributed by atoms with van der Waals surface area (Å²) in [6.45, 7) is 2.84. The molecule has 2 aliphatic rings. The predicted octanol–water partition coefficient (Wildman–Crippen LogP) is 3.75. The van der Waals surface area contributed by atoms with E-state index in [4.69, 9.17) is 10.2 Å². The summed E-state index contributed by atoms with van der Waals surface area (Å²) in [5, 5.41) is 3.33. The molecular weight excluding hydrogens is 414 g/mol. The smallest absolute Gasteiger partial charge is 0.294 e. The third-order valence-electron chi connectivity index (χ3n) is 5.98. The van der Waals surface area contributed by atoms with E-state index in [1.807, 2.05) is 30.3 Å². The highest BCUT2D eigenvalue weighted by atomic mass is 19.3. The summed E-state index contributed by atoms with van der Waals surface area (Å²) in [6, 6.07) is 14.6. The quantitative estimate of drug-likeness (QED) is 0.607. The van der Waals surface area contributed by atoms with E-state index < -0.39 is 18.9 Å². The molecule has 1 amide bonds. The summed E-state index contributed by atoms with van der Waals surface area (Å²) in [5.41, 5.74) is 10.2. The molecule has 5 rings (SSSR count). The number of nitrogens with zero attached hydrogens (tertiary/aromatic N) is 2. The molecule has 3 aromatic rings. The first kappa shape index (κ1) is 20.5. The normalized spacial score (nSPS) is 16.2. The van der Waals surface area contributed by atoms with Gasteiger partial charge in [-0.05, 0) is 54.1 Å². The molecule has 3 heterocycles. The topological polar surface area (TPSA) is 74.7 Å². The van der Waals surface area contributed by atoms with E-state index in [1.165, 1.54) is 0 Å². The second kappa shape index (κ2) is 8.27. The molecule has 2 aromatic carbocycles. The van der Waals surface area contributed by atoms with Crippen LogP contribution in [0, 0.1) is 0 Å². The molecule has 0 unspecified atom stereocenters. The average molecular weight is 438 g/mol. The minimum atomic E-state index is -2.66. The number of nitrogen functional groups attached to an aromatic ring is 1. The molecule has 166 valence electrons. The van der Waals surface area contributed by atoms with Crippen molar-refractivity contribution < 1.29 is 18.0 Å². The van der Waals surface area contributed by atoms with E-state index in [9.17, 15) is 13.6 Å². The molecule has 6 nitrogen and oxygen atoms in total. The van der Waals surface area contributed by atoms with Crippen molar-refractivity contribution in [1.82, 2.24) is 5.32 Å². The van der Waals surface area contributed by atoms with Gasteiger partial charge in [0.05, 0.1) is 6.54 Å². The number of piperazine rings is 1. The molecule has 0 aliphatic carbocycles. The average Bonchev–Trinajstić information content (AvgIpc) is 3.18. The van der Waals surface area contributed by atoms with Crippen LogP contribution in [-0.2, 0) is 6.42 Å². The number of benzene rings is 2. The Bertz CT molecular complexity index is 1140. The highest BCUT2D eigenvalue weighted by molar-refractivity contribution is 6.07. The first-order valence-electron chi connectivity index (χ1n) is 10.7. The minimum Gasteiger partial charge on any atom is -0.451 e. The Labute approximate surface area is 184 Å². The van der Waals surface area contributed by atoms with Crippen molar-refractivity contribution in [2.45, 2.75) is 12.8 Å². The lowest BCUT2D eigenvalue weighted by molar-refractivity contribution is 0.0920. The summed E-state index contributed by atoms with van der Waals surface area (Å²) < 4.78 is 32.8. The van der Waals surface area contributed by atoms with Crippen LogP contribution in [-0.4, -0.2) is 45.1 Å². The van der Waals surface area contributed by atoms with Crippen molar-refractivity contribution in [3.63, 3.8) is 0 Å². The zero-order valence-corrected chi connectivity index (χ0v) is 17.5. The van der Waals surface area contributed by atoms with E-state index in [-0.39, 0.29) is 5.76 Å². The Kier molecular flexibility index (Phi) is 5.30. The van der Waals surface area contributed by atoms with Crippen LogP contribution in [0.5, 0.6) is 0 Å². The van der Waals surface area contributed by atoms with Crippen LogP contribution in [0.4, 0.5) is 25.8 Å². The maximum absolute atomic E-state index is 13.4. The number of carbonyl (C=O) groups is 1. The summed E-state index contributed by atoms with van der Waals surface area (Å²) in [6.07, 6.45) is -2.23. The highest BCUT2D eigenvalue weighted by Crippen LogP contribution is 2.37. The van der Waals surface area contributed by atoms with Gasteiger partial charge in [0.2, 0.25) is 0 Å². The zero-order chi connectivity index (χ0) is 22.2. The number of alkyl halides is 2. The maximum atomic E-state index is 13.4. The summed E-state index contributed by atoms with van der Waals surface area (Å²) in [7, 11) is 0. The Balaban J connectivity index is 1.57. The number of nitrogens with two attached hydrogens (primary N) is 1. The van der Waals surface area contributed by atoms with Gasteiger partial charge in [-0.1, -0.05) is 0 Å². The number of halogens is 2. The zero-order valence-electron chi connectivity index (χ0n) is 17.5. The number of rotatable bonds is 4. The van der Waals surface area contributed by atoms with Gasteiger partial charge >= 0.3 is 0 Å². The fraction of sp³-hybridized carbons (Fsp3) is 0.292. The molecule has 1 aromatic heterocycles. The summed E-state index contributed by atoms with van der Waals surface area (Å²) in [4.78, 5) is 16.7. The fourth-order valence-electron chi connectivity index (χ4n) is 4.38. The molecule has 1 saturated heterocycles. The monoisotopic (exact) mass is 438 g/mol. The van der Waals surface area contributed by atoms with Gasteiger partial charge in [-0.15, -0.1) is 0 Å². The predicted molar refractivity (Wildman–Crippen MR) is 121 cm³/mol. The van der Waals surface area contributed by atoms with Crippen LogP contribution in [0.1, 0.15) is 21.7 Å². The minimum absolute atomic E-state index is 0.109. The molecule has 0 spiro atoms. The van der Waals surface area contributed by atoms with Crippen LogP contribution in [0.15, 0.2) is 52.9 Å². The molecular formula is C24H24F2N4O2. The molecule has 0 bridgehead atoms. The number of carbonyl (C=O) groups excluding carboxylic acids is 1. The number of hydrogen-bond acceptors (Lipinski definition) is 5. The van der Waals surface area contributed by atoms with Crippen LogP contribution in [0.3, 0.4) is 0 Å². The van der Waals surface area contributed by atoms with Gasteiger partial charge in [0.15, 0.2) is 5.76 Å². The number of hydrogen-bond donors (Lipinski definition) is 2. The lowest BCUT2D eigenvalue weighted by atomic mass is 10.0. The molecule has 0 atom stereocenters. The van der Waals surface area contributed by atoms with Crippen molar-refractivity contribution in [1.29, 1.82) is 0 Å². The number of fused-ring (bicyclic) bond motifs is 2. The van der Waals surface area contributed by atoms with Crippen LogP contribution < -0.4 is 20.9 Å². The summed E-state index contributed by atoms with van der Waals surface area (Å²) in [5.74, 6) is 0.0788. The Morgan fingerprint density at radius 3 is 2.50 bits per heavy atom. The summed E-state index contributed by atoms with van der Waals surface area (Å²) >= 11 is 0. The van der Waals surface area contributed by atoms with Crippen molar-refractivity contribution in [2.75, 3.05) is 48.3 Å². The molecule has 0 radical (unpaired) electrons. The SMILES string of the molecule is Nc1ccc(-c2cc3c(o2)C(=O)N(CC(F)F)c2ccc(N4CCNCC4)cc2C3)cc1. The number of anilines is 3. The lowest BCUT2D eigenvalue weighted by Crippen LogP contribution is -2.43. The van der Waals surface area contributed by atoms with Crippen molar-refractivity contribution >= 4 is 23.0 Å². The molecule has 8 heteroatoms. The third kappa shape index (κ3) is 3.82. The van der Waals surface area contributed by atoms with Gasteiger partial charge in [-0.25, -0.2) is 8.78 Å². The Morgan fingerprint density at radius 1 is 1.03 bits per heavy atom. The van der Waals surface area contributed by atoms with Crippen LogP contribution in [0.25, 0.3) is 11.3 Å². The molecule has 0 saturated carbocycles. The van der Waals surface area contributed by atoms with Gasteiger partial charge in [0, 0.05) is 60.8 Å². The van der Waals surface area contributed by atoms with Crippen LogP contribution in [0.2, 0.25) is 0 Å².